The third-order valence-corrected chi connectivity index (χ3v) is 4.49. The van der Waals surface area contributed by atoms with Gasteiger partial charge in [-0.25, -0.2) is 0 Å². The van der Waals surface area contributed by atoms with Crippen LogP contribution >= 0.6 is 0 Å². The molecule has 0 spiro atoms. The molecule has 5 nitrogen and oxygen atoms in total. The van der Waals surface area contributed by atoms with Gasteiger partial charge in [0.15, 0.2) is 0 Å². The van der Waals surface area contributed by atoms with Crippen LogP contribution in [0.2, 0.25) is 0 Å². The van der Waals surface area contributed by atoms with E-state index in [1.807, 2.05) is 0 Å². The molecule has 0 amide bonds. The molecule has 1 atom stereocenters. The van der Waals surface area contributed by atoms with Crippen molar-refractivity contribution in [2.75, 3.05) is 26.2 Å². The maximum atomic E-state index is 9.82. The van der Waals surface area contributed by atoms with Crippen molar-refractivity contribution in [2.24, 2.45) is 28.5 Å². The molecule has 1 saturated carbocycles. The standard InChI is InChI=1S/C12H27N3.C4H8O2/c13-8-4-11-3-1-2-5-12(11,6-9-14)7-10-15;1-3-6-4(2)5/h11H,1-10,13-15H2;3H2,1-2H3. The summed E-state index contributed by atoms with van der Waals surface area (Å²) in [6, 6.07) is 0. The number of hydrogen-bond donors (Lipinski definition) is 3. The van der Waals surface area contributed by atoms with Gasteiger partial charge in [0.05, 0.1) is 6.61 Å². The van der Waals surface area contributed by atoms with E-state index < -0.39 is 0 Å². The number of ether oxygens (including phenoxy) is 1. The molecule has 1 unspecified atom stereocenters. The lowest BCUT2D eigenvalue weighted by molar-refractivity contribution is -0.140. The van der Waals surface area contributed by atoms with Gasteiger partial charge in [0.25, 0.3) is 0 Å². The molecule has 21 heavy (non-hydrogen) atoms. The highest BCUT2D eigenvalue weighted by molar-refractivity contribution is 5.65. The van der Waals surface area contributed by atoms with E-state index >= 15 is 0 Å². The Hall–Kier alpha value is -0.650. The van der Waals surface area contributed by atoms with Gasteiger partial charge in [0, 0.05) is 6.92 Å². The maximum absolute atomic E-state index is 9.82. The van der Waals surface area contributed by atoms with Crippen LogP contribution in [0.4, 0.5) is 0 Å². The molecule has 126 valence electrons. The highest BCUT2D eigenvalue weighted by atomic mass is 16.5. The minimum absolute atomic E-state index is 0.211. The van der Waals surface area contributed by atoms with E-state index in [0.717, 1.165) is 44.8 Å². The number of carbonyl (C=O) groups is 1. The normalized spacial score (nSPS) is 20.3. The van der Waals surface area contributed by atoms with E-state index in [2.05, 4.69) is 4.74 Å². The second-order valence-electron chi connectivity index (χ2n) is 5.88. The van der Waals surface area contributed by atoms with Crippen LogP contribution in [-0.4, -0.2) is 32.2 Å². The Morgan fingerprint density at radius 3 is 2.14 bits per heavy atom. The average molecular weight is 301 g/mol. The zero-order chi connectivity index (χ0) is 16.1. The number of rotatable bonds is 7. The van der Waals surface area contributed by atoms with Crippen molar-refractivity contribution >= 4 is 5.97 Å². The summed E-state index contributed by atoms with van der Waals surface area (Å²) in [7, 11) is 0. The zero-order valence-corrected chi connectivity index (χ0v) is 13.9. The molecule has 0 aliphatic heterocycles. The maximum Gasteiger partial charge on any atom is 0.302 e. The molecule has 0 radical (unpaired) electrons. The first-order valence-corrected chi connectivity index (χ1v) is 8.29. The second kappa shape index (κ2) is 12.0. The fraction of sp³-hybridized carbons (Fsp3) is 0.938. The van der Waals surface area contributed by atoms with Crippen molar-refractivity contribution in [3.8, 4) is 0 Å². The summed E-state index contributed by atoms with van der Waals surface area (Å²) < 4.78 is 4.40. The summed E-state index contributed by atoms with van der Waals surface area (Å²) in [6.45, 7) is 6.05. The molecular formula is C16H35N3O2. The lowest BCUT2D eigenvalue weighted by Crippen LogP contribution is -2.38. The Labute approximate surface area is 130 Å². The van der Waals surface area contributed by atoms with Gasteiger partial charge < -0.3 is 21.9 Å². The van der Waals surface area contributed by atoms with Crippen LogP contribution in [0.5, 0.6) is 0 Å². The number of carbonyl (C=O) groups excluding carboxylic acids is 1. The first-order valence-electron chi connectivity index (χ1n) is 8.29. The fourth-order valence-corrected chi connectivity index (χ4v) is 3.59. The van der Waals surface area contributed by atoms with Gasteiger partial charge in [-0.05, 0) is 70.0 Å². The molecule has 6 N–H and O–H groups in total. The summed E-state index contributed by atoms with van der Waals surface area (Å²) in [5.74, 6) is 0.556. The third kappa shape index (κ3) is 7.79. The van der Waals surface area contributed by atoms with Gasteiger partial charge in [-0.1, -0.05) is 12.8 Å². The zero-order valence-electron chi connectivity index (χ0n) is 13.9. The Kier molecular flexibility index (Phi) is 11.6. The Morgan fingerprint density at radius 2 is 1.76 bits per heavy atom. The quantitative estimate of drug-likeness (QED) is 0.622. The molecule has 1 fully saturated rings. The molecule has 0 saturated heterocycles. The van der Waals surface area contributed by atoms with Crippen molar-refractivity contribution in [2.45, 2.75) is 58.8 Å². The Morgan fingerprint density at radius 1 is 1.14 bits per heavy atom. The summed E-state index contributed by atoms with van der Waals surface area (Å²) in [5.41, 5.74) is 17.7. The van der Waals surface area contributed by atoms with E-state index in [4.69, 9.17) is 17.2 Å². The summed E-state index contributed by atoms with van der Waals surface area (Å²) in [4.78, 5) is 9.82. The number of nitrogens with two attached hydrogens (primary N) is 3. The topological polar surface area (TPSA) is 104 Å². The van der Waals surface area contributed by atoms with E-state index in [-0.39, 0.29) is 5.97 Å². The van der Waals surface area contributed by atoms with Crippen LogP contribution in [0, 0.1) is 11.3 Å². The summed E-state index contributed by atoms with van der Waals surface area (Å²) >= 11 is 0. The smallest absolute Gasteiger partial charge is 0.302 e. The molecule has 0 aromatic rings. The highest BCUT2D eigenvalue weighted by Gasteiger charge is 2.38. The van der Waals surface area contributed by atoms with Gasteiger partial charge in [-0.15, -0.1) is 0 Å². The SMILES string of the molecule is CCOC(C)=O.NCCC1CCCCC1(CCN)CCN. The third-order valence-electron chi connectivity index (χ3n) is 4.49. The minimum atomic E-state index is -0.211. The fourth-order valence-electron chi connectivity index (χ4n) is 3.59. The molecule has 1 aliphatic rings. The van der Waals surface area contributed by atoms with Crippen molar-refractivity contribution in [1.29, 1.82) is 0 Å². The van der Waals surface area contributed by atoms with E-state index in [1.165, 1.54) is 32.6 Å². The van der Waals surface area contributed by atoms with Gasteiger partial charge in [-0.3, -0.25) is 4.79 Å². The van der Waals surface area contributed by atoms with Gasteiger partial charge >= 0.3 is 5.97 Å². The van der Waals surface area contributed by atoms with Crippen LogP contribution in [0.25, 0.3) is 0 Å². The molecule has 0 bridgehead atoms. The van der Waals surface area contributed by atoms with E-state index in [9.17, 15) is 4.79 Å². The minimum Gasteiger partial charge on any atom is -0.466 e. The average Bonchev–Trinajstić information content (AvgIpc) is 2.43. The highest BCUT2D eigenvalue weighted by Crippen LogP contribution is 2.47. The second-order valence-corrected chi connectivity index (χ2v) is 5.88. The molecule has 0 aromatic carbocycles. The molecule has 0 heterocycles. The lowest BCUT2D eigenvalue weighted by Gasteiger charge is -2.44. The van der Waals surface area contributed by atoms with E-state index in [0.29, 0.717) is 12.0 Å². The van der Waals surface area contributed by atoms with Crippen LogP contribution in [0.1, 0.15) is 58.8 Å². The van der Waals surface area contributed by atoms with Gasteiger partial charge in [0.2, 0.25) is 0 Å². The molecule has 1 rings (SSSR count). The van der Waals surface area contributed by atoms with Crippen molar-refractivity contribution in [3.05, 3.63) is 0 Å². The van der Waals surface area contributed by atoms with Crippen molar-refractivity contribution < 1.29 is 9.53 Å². The predicted molar refractivity (Wildman–Crippen MR) is 87.7 cm³/mol. The number of hydrogen-bond acceptors (Lipinski definition) is 5. The lowest BCUT2D eigenvalue weighted by atomic mass is 9.61. The first-order chi connectivity index (χ1) is 10.1. The first kappa shape index (κ1) is 20.3. The van der Waals surface area contributed by atoms with Crippen molar-refractivity contribution in [3.63, 3.8) is 0 Å². The largest absolute Gasteiger partial charge is 0.466 e. The van der Waals surface area contributed by atoms with Crippen LogP contribution in [0.15, 0.2) is 0 Å². The summed E-state index contributed by atoms with van der Waals surface area (Å²) in [6.07, 6.45) is 8.77. The van der Waals surface area contributed by atoms with Gasteiger partial charge in [-0.2, -0.15) is 0 Å². The monoisotopic (exact) mass is 301 g/mol. The van der Waals surface area contributed by atoms with Gasteiger partial charge in [0.1, 0.15) is 0 Å². The Bertz CT molecular complexity index is 259. The summed E-state index contributed by atoms with van der Waals surface area (Å²) in [5, 5.41) is 0. The molecule has 0 aromatic heterocycles. The Balaban J connectivity index is 0.000000567. The molecule has 5 heteroatoms. The van der Waals surface area contributed by atoms with E-state index in [1.54, 1.807) is 6.92 Å². The predicted octanol–water partition coefficient (Wildman–Crippen LogP) is 1.78. The van der Waals surface area contributed by atoms with Crippen LogP contribution < -0.4 is 17.2 Å². The molecular weight excluding hydrogens is 266 g/mol. The van der Waals surface area contributed by atoms with Crippen LogP contribution in [0.3, 0.4) is 0 Å². The number of esters is 1. The van der Waals surface area contributed by atoms with Crippen molar-refractivity contribution in [1.82, 2.24) is 0 Å². The molecule has 1 aliphatic carbocycles. The van der Waals surface area contributed by atoms with Crippen LogP contribution in [-0.2, 0) is 9.53 Å².